The quantitative estimate of drug-likeness (QED) is 0.806. The highest BCUT2D eigenvalue weighted by Crippen LogP contribution is 2.14. The minimum Gasteiger partial charge on any atom is -0.348 e. The highest BCUT2D eigenvalue weighted by molar-refractivity contribution is 5.97. The molecule has 0 aliphatic rings. The average Bonchev–Trinajstić information content (AvgIpc) is 2.54. The molecule has 4 nitrogen and oxygen atoms in total. The maximum absolute atomic E-state index is 12.3. The molecule has 0 unspecified atom stereocenters. The van der Waals surface area contributed by atoms with Gasteiger partial charge in [-0.25, -0.2) is 9.97 Å². The Morgan fingerprint density at radius 1 is 0.955 bits per heavy atom. The number of fused-ring (bicyclic) bond motifs is 1. The van der Waals surface area contributed by atoms with E-state index in [2.05, 4.69) is 15.3 Å². The summed E-state index contributed by atoms with van der Waals surface area (Å²) in [5, 5.41) is 2.92. The van der Waals surface area contributed by atoms with E-state index in [9.17, 15) is 4.79 Å². The van der Waals surface area contributed by atoms with Gasteiger partial charge in [0.1, 0.15) is 0 Å². The van der Waals surface area contributed by atoms with Crippen LogP contribution < -0.4 is 5.32 Å². The first-order valence-electron chi connectivity index (χ1n) is 7.20. The number of aryl methyl sites for hydroxylation is 2. The van der Waals surface area contributed by atoms with Crippen LogP contribution in [0, 0.1) is 13.8 Å². The molecule has 4 heteroatoms. The molecule has 0 radical (unpaired) electrons. The number of amides is 1. The maximum atomic E-state index is 12.3. The van der Waals surface area contributed by atoms with Crippen molar-refractivity contribution in [2.45, 2.75) is 20.4 Å². The number of nitrogens with one attached hydrogen (secondary N) is 1. The van der Waals surface area contributed by atoms with E-state index in [1.807, 2.05) is 50.2 Å². The first-order chi connectivity index (χ1) is 10.6. The molecule has 1 heterocycles. The predicted molar refractivity (Wildman–Crippen MR) is 86.6 cm³/mol. The van der Waals surface area contributed by atoms with Crippen molar-refractivity contribution < 1.29 is 4.79 Å². The lowest BCUT2D eigenvalue weighted by Crippen LogP contribution is -2.22. The largest absolute Gasteiger partial charge is 0.348 e. The molecule has 3 rings (SSSR count). The molecule has 3 aromatic rings. The summed E-state index contributed by atoms with van der Waals surface area (Å²) < 4.78 is 0. The lowest BCUT2D eigenvalue weighted by atomic mass is 10.1. The summed E-state index contributed by atoms with van der Waals surface area (Å²) in [6.07, 6.45) is 0. The Labute approximate surface area is 129 Å². The Hall–Kier alpha value is -2.75. The van der Waals surface area contributed by atoms with Gasteiger partial charge in [0, 0.05) is 12.1 Å². The minimum absolute atomic E-state index is 0.106. The van der Waals surface area contributed by atoms with E-state index in [4.69, 9.17) is 0 Å². The van der Waals surface area contributed by atoms with E-state index in [-0.39, 0.29) is 5.91 Å². The van der Waals surface area contributed by atoms with E-state index in [1.165, 1.54) is 0 Å². The van der Waals surface area contributed by atoms with Gasteiger partial charge < -0.3 is 5.32 Å². The van der Waals surface area contributed by atoms with Gasteiger partial charge in [-0.3, -0.25) is 4.79 Å². The summed E-state index contributed by atoms with van der Waals surface area (Å²) in [6.45, 7) is 4.36. The smallest absolute Gasteiger partial charge is 0.251 e. The van der Waals surface area contributed by atoms with Crippen molar-refractivity contribution >= 4 is 16.9 Å². The number of aromatic nitrogens is 2. The van der Waals surface area contributed by atoms with E-state index in [0.29, 0.717) is 12.1 Å². The molecule has 0 bridgehead atoms. The minimum atomic E-state index is -0.106. The number of carbonyl (C=O) groups excluding carboxylic acids is 1. The van der Waals surface area contributed by atoms with Crippen LogP contribution in [-0.2, 0) is 6.54 Å². The number of hydrogen-bond acceptors (Lipinski definition) is 3. The second-order valence-electron chi connectivity index (χ2n) is 5.27. The van der Waals surface area contributed by atoms with E-state index >= 15 is 0 Å². The van der Waals surface area contributed by atoms with E-state index < -0.39 is 0 Å². The Kier molecular flexibility index (Phi) is 3.83. The van der Waals surface area contributed by atoms with Crippen molar-refractivity contribution in [3.05, 3.63) is 71.0 Å². The molecular weight excluding hydrogens is 274 g/mol. The van der Waals surface area contributed by atoms with Crippen LogP contribution in [-0.4, -0.2) is 15.9 Å². The Morgan fingerprint density at radius 2 is 1.64 bits per heavy atom. The zero-order chi connectivity index (χ0) is 15.5. The first-order valence-corrected chi connectivity index (χ1v) is 7.20. The van der Waals surface area contributed by atoms with Gasteiger partial charge in [0.05, 0.1) is 22.4 Å². The van der Waals surface area contributed by atoms with Crippen LogP contribution >= 0.6 is 0 Å². The molecule has 110 valence electrons. The van der Waals surface area contributed by atoms with Gasteiger partial charge in [0.25, 0.3) is 5.91 Å². The fraction of sp³-hybridized carbons (Fsp3) is 0.167. The number of benzene rings is 2. The molecule has 0 saturated heterocycles. The molecular formula is C18H17N3O. The van der Waals surface area contributed by atoms with Gasteiger partial charge in [0.15, 0.2) is 0 Å². The molecule has 1 amide bonds. The van der Waals surface area contributed by atoms with Gasteiger partial charge in [-0.15, -0.1) is 0 Å². The van der Waals surface area contributed by atoms with Crippen molar-refractivity contribution in [2.24, 2.45) is 0 Å². The fourth-order valence-corrected chi connectivity index (χ4v) is 2.25. The monoisotopic (exact) mass is 291 g/mol. The number of hydrogen-bond donors (Lipinski definition) is 1. The number of carbonyl (C=O) groups is 1. The van der Waals surface area contributed by atoms with E-state index in [1.54, 1.807) is 12.1 Å². The maximum Gasteiger partial charge on any atom is 0.251 e. The van der Waals surface area contributed by atoms with Crippen LogP contribution in [0.3, 0.4) is 0 Å². The van der Waals surface area contributed by atoms with E-state index in [0.717, 1.165) is 28.0 Å². The van der Waals surface area contributed by atoms with Gasteiger partial charge in [0.2, 0.25) is 0 Å². The molecule has 0 spiro atoms. The Morgan fingerprint density at radius 3 is 2.36 bits per heavy atom. The second-order valence-corrected chi connectivity index (χ2v) is 5.27. The third kappa shape index (κ3) is 2.96. The Balaban J connectivity index is 1.80. The van der Waals surface area contributed by atoms with Crippen molar-refractivity contribution in [3.8, 4) is 0 Å². The summed E-state index contributed by atoms with van der Waals surface area (Å²) in [4.78, 5) is 21.2. The highest BCUT2D eigenvalue weighted by Gasteiger charge is 2.08. The zero-order valence-electron chi connectivity index (χ0n) is 12.6. The third-order valence-corrected chi connectivity index (χ3v) is 3.63. The summed E-state index contributed by atoms with van der Waals surface area (Å²) in [6, 6.07) is 15.2. The third-order valence-electron chi connectivity index (χ3n) is 3.63. The molecule has 1 N–H and O–H groups in total. The van der Waals surface area contributed by atoms with Gasteiger partial charge in [-0.1, -0.05) is 30.3 Å². The SMILES string of the molecule is Cc1nc2ccc(C(=O)NCc3ccccc3)cc2nc1C. The molecule has 0 saturated carbocycles. The fourth-order valence-electron chi connectivity index (χ4n) is 2.25. The summed E-state index contributed by atoms with van der Waals surface area (Å²) >= 11 is 0. The molecule has 0 aliphatic heterocycles. The van der Waals surface area contributed by atoms with Gasteiger partial charge >= 0.3 is 0 Å². The molecule has 1 aromatic heterocycles. The van der Waals surface area contributed by atoms with Crippen LogP contribution in [0.5, 0.6) is 0 Å². The van der Waals surface area contributed by atoms with Gasteiger partial charge in [-0.2, -0.15) is 0 Å². The molecule has 0 fully saturated rings. The molecule has 2 aromatic carbocycles. The van der Waals surface area contributed by atoms with Gasteiger partial charge in [-0.05, 0) is 37.6 Å². The van der Waals surface area contributed by atoms with Crippen LogP contribution in [0.4, 0.5) is 0 Å². The first kappa shape index (κ1) is 14.2. The topological polar surface area (TPSA) is 54.9 Å². The van der Waals surface area contributed by atoms with Crippen molar-refractivity contribution in [1.82, 2.24) is 15.3 Å². The predicted octanol–water partition coefficient (Wildman–Crippen LogP) is 3.18. The molecule has 0 atom stereocenters. The number of nitrogens with zero attached hydrogens (tertiary/aromatic N) is 2. The average molecular weight is 291 g/mol. The van der Waals surface area contributed by atoms with Crippen molar-refractivity contribution in [2.75, 3.05) is 0 Å². The van der Waals surface area contributed by atoms with Crippen LogP contribution in [0.15, 0.2) is 48.5 Å². The van der Waals surface area contributed by atoms with Crippen LogP contribution in [0.2, 0.25) is 0 Å². The van der Waals surface area contributed by atoms with Crippen molar-refractivity contribution in [1.29, 1.82) is 0 Å². The second kappa shape index (κ2) is 5.93. The lowest BCUT2D eigenvalue weighted by molar-refractivity contribution is 0.0951. The zero-order valence-corrected chi connectivity index (χ0v) is 12.6. The summed E-state index contributed by atoms with van der Waals surface area (Å²) in [7, 11) is 0. The summed E-state index contributed by atoms with van der Waals surface area (Å²) in [5.41, 5.74) is 5.02. The Bertz CT molecular complexity index is 828. The lowest BCUT2D eigenvalue weighted by Gasteiger charge is -2.07. The van der Waals surface area contributed by atoms with Crippen LogP contribution in [0.1, 0.15) is 27.3 Å². The normalized spacial score (nSPS) is 10.6. The molecule has 0 aliphatic carbocycles. The highest BCUT2D eigenvalue weighted by atomic mass is 16.1. The standard InChI is InChI=1S/C18H17N3O/c1-12-13(2)21-17-10-15(8-9-16(17)20-12)18(22)19-11-14-6-4-3-5-7-14/h3-10H,11H2,1-2H3,(H,19,22). The van der Waals surface area contributed by atoms with Crippen molar-refractivity contribution in [3.63, 3.8) is 0 Å². The van der Waals surface area contributed by atoms with Crippen LogP contribution in [0.25, 0.3) is 11.0 Å². The number of rotatable bonds is 3. The summed E-state index contributed by atoms with van der Waals surface area (Å²) in [5.74, 6) is -0.106. The molecule has 22 heavy (non-hydrogen) atoms.